The quantitative estimate of drug-likeness (QED) is 0.776. The maximum Gasteiger partial charge on any atom is 0.254 e. The van der Waals surface area contributed by atoms with Crippen molar-refractivity contribution in [1.82, 2.24) is 30.0 Å². The lowest BCUT2D eigenvalue weighted by molar-refractivity contribution is -0.138. The van der Waals surface area contributed by atoms with Gasteiger partial charge in [-0.05, 0) is 34.5 Å². The molecule has 1 aliphatic rings. The van der Waals surface area contributed by atoms with E-state index in [2.05, 4.69) is 22.4 Å². The van der Waals surface area contributed by atoms with Crippen LogP contribution in [0.2, 0.25) is 0 Å². The number of tetrazole rings is 1. The number of hydrogen-bond donors (Lipinski definition) is 0. The van der Waals surface area contributed by atoms with Gasteiger partial charge in [-0.25, -0.2) is 4.68 Å². The predicted octanol–water partition coefficient (Wildman–Crippen LogP) is 1.19. The predicted molar refractivity (Wildman–Crippen MR) is 95.3 cm³/mol. The Morgan fingerprint density at radius 1 is 1.23 bits per heavy atom. The van der Waals surface area contributed by atoms with Crippen molar-refractivity contribution in [3.05, 3.63) is 41.7 Å². The number of hydrogen-bond acceptors (Lipinski definition) is 5. The van der Waals surface area contributed by atoms with Crippen LogP contribution in [0.1, 0.15) is 42.1 Å². The molecule has 0 aliphatic carbocycles. The normalized spacial score (nSPS) is 17.6. The minimum absolute atomic E-state index is 0.0355. The SMILES string of the molecule is CCCC[C@@H]1C(=O)N(C)CCN1C(=O)c1ccc(Cn2cnnn2)cc1. The van der Waals surface area contributed by atoms with Crippen LogP contribution in [0.25, 0.3) is 0 Å². The Labute approximate surface area is 152 Å². The molecule has 1 aliphatic heterocycles. The van der Waals surface area contributed by atoms with E-state index in [1.165, 1.54) is 0 Å². The van der Waals surface area contributed by atoms with Crippen LogP contribution >= 0.6 is 0 Å². The maximum absolute atomic E-state index is 13.0. The fourth-order valence-corrected chi connectivity index (χ4v) is 3.19. The van der Waals surface area contributed by atoms with Crippen molar-refractivity contribution in [2.45, 2.75) is 38.8 Å². The highest BCUT2D eigenvalue weighted by molar-refractivity contribution is 5.98. The Morgan fingerprint density at radius 3 is 2.65 bits per heavy atom. The number of rotatable bonds is 6. The molecule has 8 nitrogen and oxygen atoms in total. The summed E-state index contributed by atoms with van der Waals surface area (Å²) in [5.41, 5.74) is 1.61. The van der Waals surface area contributed by atoms with Crippen LogP contribution in [0.5, 0.6) is 0 Å². The van der Waals surface area contributed by atoms with Crippen molar-refractivity contribution in [3.8, 4) is 0 Å². The van der Waals surface area contributed by atoms with Crippen LogP contribution in [0, 0.1) is 0 Å². The van der Waals surface area contributed by atoms with Crippen molar-refractivity contribution in [2.75, 3.05) is 20.1 Å². The molecule has 0 bridgehead atoms. The average Bonchev–Trinajstić information content (AvgIpc) is 3.16. The highest BCUT2D eigenvalue weighted by Crippen LogP contribution is 2.19. The average molecular weight is 356 g/mol. The van der Waals surface area contributed by atoms with E-state index >= 15 is 0 Å². The first-order valence-electron chi connectivity index (χ1n) is 8.95. The fraction of sp³-hybridized carbons (Fsp3) is 0.500. The second-order valence-corrected chi connectivity index (χ2v) is 6.62. The molecule has 1 fully saturated rings. The minimum Gasteiger partial charge on any atom is -0.342 e. The first kappa shape index (κ1) is 18.0. The summed E-state index contributed by atoms with van der Waals surface area (Å²) in [5, 5.41) is 11.0. The number of aromatic nitrogens is 4. The number of piperazine rings is 1. The number of carbonyl (C=O) groups is 2. The molecule has 26 heavy (non-hydrogen) atoms. The van der Waals surface area contributed by atoms with Gasteiger partial charge in [0, 0.05) is 25.7 Å². The van der Waals surface area contributed by atoms with Gasteiger partial charge in [-0.3, -0.25) is 9.59 Å². The molecule has 0 radical (unpaired) electrons. The molecule has 2 amide bonds. The van der Waals surface area contributed by atoms with Gasteiger partial charge in [0.1, 0.15) is 12.4 Å². The molecule has 1 atom stereocenters. The highest BCUT2D eigenvalue weighted by atomic mass is 16.2. The van der Waals surface area contributed by atoms with Crippen LogP contribution in [-0.2, 0) is 11.3 Å². The molecule has 3 rings (SSSR count). The van der Waals surface area contributed by atoms with Crippen LogP contribution in [0.15, 0.2) is 30.6 Å². The number of unbranched alkanes of at least 4 members (excludes halogenated alkanes) is 1. The van der Waals surface area contributed by atoms with Crippen LogP contribution < -0.4 is 0 Å². The zero-order valence-corrected chi connectivity index (χ0v) is 15.2. The van der Waals surface area contributed by atoms with E-state index in [0.29, 0.717) is 31.6 Å². The molecule has 8 heteroatoms. The third-order valence-corrected chi connectivity index (χ3v) is 4.74. The van der Waals surface area contributed by atoms with Gasteiger partial charge in [0.15, 0.2) is 0 Å². The van der Waals surface area contributed by atoms with E-state index in [4.69, 9.17) is 0 Å². The van der Waals surface area contributed by atoms with Gasteiger partial charge in [0.2, 0.25) is 5.91 Å². The Kier molecular flexibility index (Phi) is 5.60. The van der Waals surface area contributed by atoms with Gasteiger partial charge in [0.05, 0.1) is 6.54 Å². The van der Waals surface area contributed by atoms with Crippen molar-refractivity contribution < 1.29 is 9.59 Å². The Bertz CT molecular complexity index is 744. The summed E-state index contributed by atoms with van der Waals surface area (Å²) in [4.78, 5) is 28.9. The lowest BCUT2D eigenvalue weighted by atomic mass is 10.0. The van der Waals surface area contributed by atoms with Crippen molar-refractivity contribution in [2.24, 2.45) is 0 Å². The summed E-state index contributed by atoms with van der Waals surface area (Å²) < 4.78 is 1.62. The number of benzene rings is 1. The van der Waals surface area contributed by atoms with E-state index in [1.807, 2.05) is 24.3 Å². The lowest BCUT2D eigenvalue weighted by Crippen LogP contribution is -2.57. The molecule has 1 aromatic heterocycles. The molecule has 0 spiro atoms. The molecule has 138 valence electrons. The van der Waals surface area contributed by atoms with Gasteiger partial charge < -0.3 is 9.80 Å². The summed E-state index contributed by atoms with van der Waals surface area (Å²) in [5.74, 6) is -0.0464. The fourth-order valence-electron chi connectivity index (χ4n) is 3.19. The van der Waals surface area contributed by atoms with E-state index in [-0.39, 0.29) is 17.9 Å². The molecule has 0 N–H and O–H groups in total. The Balaban J connectivity index is 1.73. The van der Waals surface area contributed by atoms with Gasteiger partial charge in [-0.15, -0.1) is 5.10 Å². The molecular formula is C18H24N6O2. The topological polar surface area (TPSA) is 84.2 Å². The van der Waals surface area contributed by atoms with Crippen LogP contribution in [0.4, 0.5) is 0 Å². The maximum atomic E-state index is 13.0. The Hall–Kier alpha value is -2.77. The third-order valence-electron chi connectivity index (χ3n) is 4.74. The van der Waals surface area contributed by atoms with Crippen molar-refractivity contribution in [3.63, 3.8) is 0 Å². The molecule has 0 saturated carbocycles. The van der Waals surface area contributed by atoms with E-state index in [0.717, 1.165) is 18.4 Å². The van der Waals surface area contributed by atoms with Gasteiger partial charge >= 0.3 is 0 Å². The number of amides is 2. The molecule has 1 aromatic carbocycles. The summed E-state index contributed by atoms with van der Waals surface area (Å²) in [6.07, 6.45) is 4.19. The highest BCUT2D eigenvalue weighted by Gasteiger charge is 2.35. The monoisotopic (exact) mass is 356 g/mol. The number of nitrogens with zero attached hydrogens (tertiary/aromatic N) is 6. The molecule has 2 aromatic rings. The first-order valence-corrected chi connectivity index (χ1v) is 8.95. The zero-order valence-electron chi connectivity index (χ0n) is 15.2. The summed E-state index contributed by atoms with van der Waals surface area (Å²) in [7, 11) is 1.80. The molecule has 2 heterocycles. The van der Waals surface area contributed by atoms with Crippen molar-refractivity contribution in [1.29, 1.82) is 0 Å². The molecule has 0 unspecified atom stereocenters. The largest absolute Gasteiger partial charge is 0.342 e. The van der Waals surface area contributed by atoms with E-state index in [1.54, 1.807) is 27.9 Å². The second-order valence-electron chi connectivity index (χ2n) is 6.62. The van der Waals surface area contributed by atoms with Crippen LogP contribution in [-0.4, -0.2) is 68.0 Å². The van der Waals surface area contributed by atoms with Gasteiger partial charge in [-0.1, -0.05) is 31.9 Å². The van der Waals surface area contributed by atoms with E-state index in [9.17, 15) is 9.59 Å². The second kappa shape index (κ2) is 8.07. The van der Waals surface area contributed by atoms with Gasteiger partial charge in [-0.2, -0.15) is 0 Å². The van der Waals surface area contributed by atoms with E-state index < -0.39 is 0 Å². The zero-order chi connectivity index (χ0) is 18.5. The molecule has 1 saturated heterocycles. The smallest absolute Gasteiger partial charge is 0.254 e. The minimum atomic E-state index is -0.359. The standard InChI is InChI=1S/C18H24N6O2/c1-3-4-5-16-18(26)22(2)10-11-24(16)17(25)15-8-6-14(7-9-15)12-23-13-19-20-21-23/h6-9,13,16H,3-5,10-12H2,1-2H3/t16-/m1/s1. The summed E-state index contributed by atoms with van der Waals surface area (Å²) >= 11 is 0. The lowest BCUT2D eigenvalue weighted by Gasteiger charge is -2.39. The first-order chi connectivity index (χ1) is 12.6. The van der Waals surface area contributed by atoms with Crippen LogP contribution in [0.3, 0.4) is 0 Å². The van der Waals surface area contributed by atoms with Crippen molar-refractivity contribution >= 4 is 11.8 Å². The summed E-state index contributed by atoms with van der Waals surface area (Å²) in [6, 6.07) is 7.05. The number of likely N-dealkylation sites (N-methyl/N-ethyl adjacent to an activating group) is 1. The third kappa shape index (κ3) is 3.89. The number of carbonyl (C=O) groups excluding carboxylic acids is 2. The Morgan fingerprint density at radius 2 is 2.00 bits per heavy atom. The summed E-state index contributed by atoms with van der Waals surface area (Å²) in [6.45, 7) is 3.78. The van der Waals surface area contributed by atoms with Gasteiger partial charge in [0.25, 0.3) is 5.91 Å². The molecular weight excluding hydrogens is 332 g/mol.